The third-order valence-electron chi connectivity index (χ3n) is 3.48. The molecular weight excluding hydrogens is 278 g/mol. The van der Waals surface area contributed by atoms with Crippen molar-refractivity contribution in [2.45, 2.75) is 34.2 Å². The van der Waals surface area contributed by atoms with Crippen LogP contribution in [-0.2, 0) is 11.3 Å². The van der Waals surface area contributed by atoms with E-state index in [0.717, 1.165) is 23.5 Å². The van der Waals surface area contributed by atoms with Crippen molar-refractivity contribution in [2.24, 2.45) is 5.10 Å². The second-order valence-corrected chi connectivity index (χ2v) is 5.32. The third kappa shape index (κ3) is 3.92. The second-order valence-electron chi connectivity index (χ2n) is 5.32. The summed E-state index contributed by atoms with van der Waals surface area (Å²) in [5.41, 5.74) is 8.16. The monoisotopic (exact) mass is 301 g/mol. The number of anilines is 1. The Hall–Kier alpha value is -2.21. The summed E-state index contributed by atoms with van der Waals surface area (Å²) in [5.74, 6) is 0.516. The molecule has 0 atom stereocenters. The van der Waals surface area contributed by atoms with Crippen LogP contribution in [-0.4, -0.2) is 34.5 Å². The van der Waals surface area contributed by atoms with Crippen LogP contribution in [0.15, 0.2) is 17.2 Å². The lowest BCUT2D eigenvalue weighted by molar-refractivity contribution is 0.186. The molecule has 6 nitrogen and oxygen atoms in total. The number of nitrogens with one attached hydrogen (secondary N) is 1. The van der Waals surface area contributed by atoms with Gasteiger partial charge in [0.05, 0.1) is 12.8 Å². The molecule has 0 aromatic carbocycles. The average molecular weight is 301 g/mol. The molecule has 0 amide bonds. The standard InChI is InChI=1S/C16H23N5O/c1-11-8-12(2)19-16(18-11)20-17-10-15-9-13(3)21(14(15)4)6-7-22-5/h8-10H,6-7H2,1-5H3,(H,18,19,20)/b17-10+. The molecule has 2 aromatic rings. The van der Waals surface area contributed by atoms with E-state index in [1.807, 2.05) is 19.9 Å². The predicted octanol–water partition coefficient (Wildman–Crippen LogP) is 2.60. The summed E-state index contributed by atoms with van der Waals surface area (Å²) in [6.45, 7) is 9.58. The zero-order valence-electron chi connectivity index (χ0n) is 13.8. The summed E-state index contributed by atoms with van der Waals surface area (Å²) < 4.78 is 7.36. The van der Waals surface area contributed by atoms with Gasteiger partial charge in [0.25, 0.3) is 0 Å². The molecule has 22 heavy (non-hydrogen) atoms. The van der Waals surface area contributed by atoms with E-state index in [1.165, 1.54) is 11.4 Å². The third-order valence-corrected chi connectivity index (χ3v) is 3.48. The molecule has 118 valence electrons. The zero-order valence-corrected chi connectivity index (χ0v) is 13.8. The highest BCUT2D eigenvalue weighted by atomic mass is 16.5. The molecule has 2 rings (SSSR count). The second kappa shape index (κ2) is 7.17. The molecule has 0 aliphatic rings. The molecule has 0 spiro atoms. The van der Waals surface area contributed by atoms with Gasteiger partial charge in [-0.15, -0.1) is 0 Å². The summed E-state index contributed by atoms with van der Waals surface area (Å²) in [5, 5.41) is 4.25. The molecule has 0 saturated carbocycles. The highest BCUT2D eigenvalue weighted by molar-refractivity contribution is 5.82. The summed E-state index contributed by atoms with van der Waals surface area (Å²) in [6.07, 6.45) is 1.80. The van der Waals surface area contributed by atoms with Crippen molar-refractivity contribution in [1.29, 1.82) is 0 Å². The Bertz CT molecular complexity index is 655. The van der Waals surface area contributed by atoms with Crippen LogP contribution in [0.4, 0.5) is 5.95 Å². The summed E-state index contributed by atoms with van der Waals surface area (Å²) in [4.78, 5) is 8.59. The Labute approximate surface area is 131 Å². The first-order valence-corrected chi connectivity index (χ1v) is 7.28. The van der Waals surface area contributed by atoms with Crippen molar-refractivity contribution < 1.29 is 4.74 Å². The fraction of sp³-hybridized carbons (Fsp3) is 0.438. The number of aromatic nitrogens is 3. The summed E-state index contributed by atoms with van der Waals surface area (Å²) in [6, 6.07) is 4.04. The molecule has 1 N–H and O–H groups in total. The quantitative estimate of drug-likeness (QED) is 0.658. The van der Waals surface area contributed by atoms with Crippen LogP contribution >= 0.6 is 0 Å². The minimum Gasteiger partial charge on any atom is -0.383 e. The topological polar surface area (TPSA) is 64.3 Å². The lowest BCUT2D eigenvalue weighted by Crippen LogP contribution is -2.07. The molecule has 2 aromatic heterocycles. The first-order chi connectivity index (χ1) is 10.5. The fourth-order valence-corrected chi connectivity index (χ4v) is 2.42. The predicted molar refractivity (Wildman–Crippen MR) is 88.5 cm³/mol. The van der Waals surface area contributed by atoms with Crippen LogP contribution in [0.5, 0.6) is 0 Å². The number of methoxy groups -OCH3 is 1. The molecule has 2 heterocycles. The lowest BCUT2D eigenvalue weighted by atomic mass is 10.3. The van der Waals surface area contributed by atoms with E-state index in [9.17, 15) is 0 Å². The van der Waals surface area contributed by atoms with Crippen LogP contribution in [0.25, 0.3) is 0 Å². The van der Waals surface area contributed by atoms with Crippen molar-refractivity contribution in [3.63, 3.8) is 0 Å². The summed E-state index contributed by atoms with van der Waals surface area (Å²) >= 11 is 0. The van der Waals surface area contributed by atoms with E-state index in [1.54, 1.807) is 13.3 Å². The number of aryl methyl sites for hydroxylation is 3. The number of nitrogens with zero attached hydrogens (tertiary/aromatic N) is 4. The Morgan fingerprint density at radius 3 is 2.50 bits per heavy atom. The molecule has 0 bridgehead atoms. The van der Waals surface area contributed by atoms with E-state index >= 15 is 0 Å². The Morgan fingerprint density at radius 2 is 1.86 bits per heavy atom. The Morgan fingerprint density at radius 1 is 1.18 bits per heavy atom. The highest BCUT2D eigenvalue weighted by Crippen LogP contribution is 2.13. The van der Waals surface area contributed by atoms with Gasteiger partial charge in [-0.3, -0.25) is 0 Å². The first kappa shape index (κ1) is 16.2. The van der Waals surface area contributed by atoms with Crippen molar-refractivity contribution in [3.8, 4) is 0 Å². The number of rotatable bonds is 6. The Kier molecular flexibility index (Phi) is 5.27. The minimum atomic E-state index is 0.516. The van der Waals surface area contributed by atoms with Gasteiger partial charge in [0, 0.05) is 42.0 Å². The molecule has 0 aliphatic heterocycles. The van der Waals surface area contributed by atoms with Crippen LogP contribution < -0.4 is 5.43 Å². The van der Waals surface area contributed by atoms with E-state index in [0.29, 0.717) is 12.6 Å². The van der Waals surface area contributed by atoms with E-state index in [4.69, 9.17) is 4.74 Å². The van der Waals surface area contributed by atoms with E-state index < -0.39 is 0 Å². The van der Waals surface area contributed by atoms with Crippen molar-refractivity contribution >= 4 is 12.2 Å². The number of ether oxygens (including phenoxy) is 1. The van der Waals surface area contributed by atoms with Gasteiger partial charge in [0.1, 0.15) is 0 Å². The van der Waals surface area contributed by atoms with Crippen molar-refractivity contribution in [1.82, 2.24) is 14.5 Å². The molecule has 6 heteroatoms. The number of hydrogen-bond donors (Lipinski definition) is 1. The zero-order chi connectivity index (χ0) is 16.1. The maximum atomic E-state index is 5.14. The maximum absolute atomic E-state index is 5.14. The fourth-order valence-electron chi connectivity index (χ4n) is 2.42. The highest BCUT2D eigenvalue weighted by Gasteiger charge is 2.07. The first-order valence-electron chi connectivity index (χ1n) is 7.28. The van der Waals surface area contributed by atoms with Crippen LogP contribution in [0.1, 0.15) is 28.3 Å². The van der Waals surface area contributed by atoms with Gasteiger partial charge in [-0.25, -0.2) is 15.4 Å². The minimum absolute atomic E-state index is 0.516. The lowest BCUT2D eigenvalue weighted by Gasteiger charge is -2.08. The van der Waals surface area contributed by atoms with Gasteiger partial charge in [-0.05, 0) is 39.8 Å². The van der Waals surface area contributed by atoms with Crippen molar-refractivity contribution in [3.05, 3.63) is 40.5 Å². The largest absolute Gasteiger partial charge is 0.383 e. The molecule has 0 fully saturated rings. The summed E-state index contributed by atoms with van der Waals surface area (Å²) in [7, 11) is 1.71. The molecule has 0 saturated heterocycles. The van der Waals surface area contributed by atoms with E-state index in [2.05, 4.69) is 45.0 Å². The van der Waals surface area contributed by atoms with Gasteiger partial charge in [-0.2, -0.15) is 5.10 Å². The molecule has 0 aliphatic carbocycles. The number of hydrogen-bond acceptors (Lipinski definition) is 5. The van der Waals surface area contributed by atoms with Crippen LogP contribution in [0.2, 0.25) is 0 Å². The normalized spacial score (nSPS) is 11.3. The molecular formula is C16H23N5O. The molecule has 0 unspecified atom stereocenters. The number of hydrazone groups is 1. The van der Waals surface area contributed by atoms with E-state index in [-0.39, 0.29) is 0 Å². The van der Waals surface area contributed by atoms with Crippen molar-refractivity contribution in [2.75, 3.05) is 19.1 Å². The van der Waals surface area contributed by atoms with Gasteiger partial charge >= 0.3 is 0 Å². The smallest absolute Gasteiger partial charge is 0.243 e. The van der Waals surface area contributed by atoms with Crippen LogP contribution in [0, 0.1) is 27.7 Å². The maximum Gasteiger partial charge on any atom is 0.243 e. The molecule has 0 radical (unpaired) electrons. The SMILES string of the molecule is COCCn1c(C)cc(/C=N/Nc2nc(C)cc(C)n2)c1C. The van der Waals surface area contributed by atoms with Gasteiger partial charge in [-0.1, -0.05) is 0 Å². The van der Waals surface area contributed by atoms with Crippen LogP contribution in [0.3, 0.4) is 0 Å². The van der Waals surface area contributed by atoms with Gasteiger partial charge in [0.2, 0.25) is 5.95 Å². The van der Waals surface area contributed by atoms with Gasteiger partial charge in [0.15, 0.2) is 0 Å². The average Bonchev–Trinajstić information content (AvgIpc) is 2.70. The van der Waals surface area contributed by atoms with Gasteiger partial charge < -0.3 is 9.30 Å². The Balaban J connectivity index is 2.10.